The van der Waals surface area contributed by atoms with Crippen LogP contribution in [-0.4, -0.2) is 37.6 Å². The summed E-state index contributed by atoms with van der Waals surface area (Å²) in [6.07, 6.45) is 2.41. The van der Waals surface area contributed by atoms with E-state index in [1.807, 2.05) is 12.1 Å². The van der Waals surface area contributed by atoms with E-state index in [9.17, 15) is 4.79 Å². The maximum Gasteiger partial charge on any atom is 0.251 e. The lowest BCUT2D eigenvalue weighted by Crippen LogP contribution is -2.36. The molecule has 1 saturated heterocycles. The molecule has 2 aromatic carbocycles. The van der Waals surface area contributed by atoms with Gasteiger partial charge in [-0.1, -0.05) is 29.8 Å². The molecule has 1 heterocycles. The third-order valence-corrected chi connectivity index (χ3v) is 4.86. The van der Waals surface area contributed by atoms with Crippen LogP contribution in [0.4, 0.5) is 0 Å². The first-order chi connectivity index (χ1) is 12.2. The normalized spacial score (nSPS) is 15.8. The Morgan fingerprint density at radius 1 is 1.20 bits per heavy atom. The zero-order valence-electron chi connectivity index (χ0n) is 14.4. The van der Waals surface area contributed by atoms with Gasteiger partial charge in [0.15, 0.2) is 0 Å². The Kier molecular flexibility index (Phi) is 5.95. The van der Waals surface area contributed by atoms with Gasteiger partial charge < -0.3 is 10.1 Å². The summed E-state index contributed by atoms with van der Waals surface area (Å²) in [5.41, 5.74) is 1.77. The summed E-state index contributed by atoms with van der Waals surface area (Å²) >= 11 is 5.98. The number of nitrogens with zero attached hydrogens (tertiary/aromatic N) is 1. The molecule has 1 atom stereocenters. The standard InChI is InChI=1S/C20H23ClN2O2/c1-25-18-9-7-15(8-10-18)19(23-11-2-3-12-23)14-22-20(24)16-5-4-6-17(21)13-16/h4-10,13,19H,2-3,11-12,14H2,1H3,(H,22,24)/t19-/m1/s1. The maximum atomic E-state index is 12.4. The van der Waals surface area contributed by atoms with Crippen molar-refractivity contribution < 1.29 is 9.53 Å². The molecule has 1 N–H and O–H groups in total. The minimum Gasteiger partial charge on any atom is -0.497 e. The van der Waals surface area contributed by atoms with E-state index in [1.165, 1.54) is 18.4 Å². The zero-order valence-corrected chi connectivity index (χ0v) is 15.1. The third kappa shape index (κ3) is 4.53. The van der Waals surface area contributed by atoms with Crippen LogP contribution in [0.3, 0.4) is 0 Å². The zero-order chi connectivity index (χ0) is 17.6. The van der Waals surface area contributed by atoms with Crippen molar-refractivity contribution in [2.24, 2.45) is 0 Å². The number of benzene rings is 2. The molecule has 3 rings (SSSR count). The Morgan fingerprint density at radius 2 is 1.92 bits per heavy atom. The Hall–Kier alpha value is -2.04. The van der Waals surface area contributed by atoms with E-state index in [-0.39, 0.29) is 11.9 Å². The van der Waals surface area contributed by atoms with Crippen molar-refractivity contribution in [2.45, 2.75) is 18.9 Å². The molecular weight excluding hydrogens is 336 g/mol. The van der Waals surface area contributed by atoms with Crippen LogP contribution in [0.2, 0.25) is 5.02 Å². The minimum atomic E-state index is -0.0970. The summed E-state index contributed by atoms with van der Waals surface area (Å²) in [4.78, 5) is 14.9. The van der Waals surface area contributed by atoms with Gasteiger partial charge in [0, 0.05) is 17.1 Å². The molecule has 0 radical (unpaired) electrons. The van der Waals surface area contributed by atoms with Gasteiger partial charge in [-0.25, -0.2) is 0 Å². The van der Waals surface area contributed by atoms with E-state index in [4.69, 9.17) is 16.3 Å². The molecule has 0 unspecified atom stereocenters. The quantitative estimate of drug-likeness (QED) is 0.851. The molecule has 1 aliphatic heterocycles. The first kappa shape index (κ1) is 17.8. The second-order valence-corrected chi connectivity index (χ2v) is 6.69. The number of hydrogen-bond donors (Lipinski definition) is 1. The average molecular weight is 359 g/mol. The third-order valence-electron chi connectivity index (χ3n) is 4.62. The Balaban J connectivity index is 1.72. The summed E-state index contributed by atoms with van der Waals surface area (Å²) in [6.45, 7) is 2.69. The van der Waals surface area contributed by atoms with E-state index >= 15 is 0 Å². The first-order valence-corrected chi connectivity index (χ1v) is 8.97. The van der Waals surface area contributed by atoms with Crippen molar-refractivity contribution >= 4 is 17.5 Å². The predicted molar refractivity (Wildman–Crippen MR) is 100 cm³/mol. The van der Waals surface area contributed by atoms with Gasteiger partial charge in [0.1, 0.15) is 5.75 Å². The van der Waals surface area contributed by atoms with Crippen LogP contribution in [0.1, 0.15) is 34.8 Å². The largest absolute Gasteiger partial charge is 0.497 e. The topological polar surface area (TPSA) is 41.6 Å². The van der Waals surface area contributed by atoms with Crippen LogP contribution in [0, 0.1) is 0 Å². The lowest BCUT2D eigenvalue weighted by atomic mass is 10.0. The Bertz CT molecular complexity index is 712. The smallest absolute Gasteiger partial charge is 0.251 e. The number of ether oxygens (including phenoxy) is 1. The molecule has 0 aromatic heterocycles. The number of nitrogens with one attached hydrogen (secondary N) is 1. The van der Waals surface area contributed by atoms with Crippen molar-refractivity contribution in [3.05, 3.63) is 64.7 Å². The molecule has 132 valence electrons. The highest BCUT2D eigenvalue weighted by Gasteiger charge is 2.24. The van der Waals surface area contributed by atoms with Crippen molar-refractivity contribution in [1.29, 1.82) is 0 Å². The number of likely N-dealkylation sites (tertiary alicyclic amines) is 1. The molecule has 0 aliphatic carbocycles. The van der Waals surface area contributed by atoms with Gasteiger partial charge in [-0.3, -0.25) is 9.69 Å². The Labute approximate surface area is 153 Å². The number of hydrogen-bond acceptors (Lipinski definition) is 3. The van der Waals surface area contributed by atoms with Crippen LogP contribution >= 0.6 is 11.6 Å². The fraction of sp³-hybridized carbons (Fsp3) is 0.350. The monoisotopic (exact) mass is 358 g/mol. The number of carbonyl (C=O) groups is 1. The van der Waals surface area contributed by atoms with E-state index in [1.54, 1.807) is 31.4 Å². The van der Waals surface area contributed by atoms with Crippen LogP contribution < -0.4 is 10.1 Å². The highest BCUT2D eigenvalue weighted by atomic mass is 35.5. The number of rotatable bonds is 6. The van der Waals surface area contributed by atoms with Gasteiger partial charge in [-0.05, 0) is 61.8 Å². The molecule has 5 heteroatoms. The number of methoxy groups -OCH3 is 1. The first-order valence-electron chi connectivity index (χ1n) is 8.59. The molecular formula is C20H23ClN2O2. The summed E-state index contributed by atoms with van der Waals surface area (Å²) in [6, 6.07) is 15.3. The number of carbonyl (C=O) groups excluding carboxylic acids is 1. The van der Waals surface area contributed by atoms with Crippen molar-refractivity contribution in [3.8, 4) is 5.75 Å². The molecule has 0 bridgehead atoms. The predicted octanol–water partition coefficient (Wildman–Crippen LogP) is 3.92. The van der Waals surface area contributed by atoms with Crippen molar-refractivity contribution in [3.63, 3.8) is 0 Å². The van der Waals surface area contributed by atoms with E-state index < -0.39 is 0 Å². The Morgan fingerprint density at radius 3 is 2.56 bits per heavy atom. The van der Waals surface area contributed by atoms with Gasteiger partial charge in [-0.15, -0.1) is 0 Å². The summed E-state index contributed by atoms with van der Waals surface area (Å²) in [5.74, 6) is 0.743. The van der Waals surface area contributed by atoms with Gasteiger partial charge in [0.05, 0.1) is 13.2 Å². The molecule has 0 saturated carbocycles. The van der Waals surface area contributed by atoms with Crippen LogP contribution in [0.15, 0.2) is 48.5 Å². The SMILES string of the molecule is COc1ccc([C@@H](CNC(=O)c2cccc(Cl)c2)N2CCCC2)cc1. The number of halogens is 1. The van der Waals surface area contributed by atoms with Crippen molar-refractivity contribution in [1.82, 2.24) is 10.2 Å². The lowest BCUT2D eigenvalue weighted by Gasteiger charge is -2.28. The summed E-state index contributed by atoms with van der Waals surface area (Å²) in [7, 11) is 1.66. The molecule has 4 nitrogen and oxygen atoms in total. The summed E-state index contributed by atoms with van der Waals surface area (Å²) < 4.78 is 5.25. The average Bonchev–Trinajstić information content (AvgIpc) is 3.16. The maximum absolute atomic E-state index is 12.4. The minimum absolute atomic E-state index is 0.0970. The molecule has 25 heavy (non-hydrogen) atoms. The van der Waals surface area contributed by atoms with Gasteiger partial charge >= 0.3 is 0 Å². The number of amides is 1. The highest BCUT2D eigenvalue weighted by molar-refractivity contribution is 6.30. The van der Waals surface area contributed by atoms with Crippen LogP contribution in [0.25, 0.3) is 0 Å². The van der Waals surface area contributed by atoms with Gasteiger partial charge in [0.2, 0.25) is 0 Å². The fourth-order valence-corrected chi connectivity index (χ4v) is 3.45. The van der Waals surface area contributed by atoms with E-state index in [0.29, 0.717) is 17.1 Å². The molecule has 0 spiro atoms. The molecule has 2 aromatic rings. The van der Waals surface area contributed by atoms with Gasteiger partial charge in [0.25, 0.3) is 5.91 Å². The second kappa shape index (κ2) is 8.37. The molecule has 1 amide bonds. The van der Waals surface area contributed by atoms with Crippen LogP contribution in [-0.2, 0) is 0 Å². The molecule has 1 aliphatic rings. The van der Waals surface area contributed by atoms with Gasteiger partial charge in [-0.2, -0.15) is 0 Å². The fourth-order valence-electron chi connectivity index (χ4n) is 3.26. The summed E-state index contributed by atoms with van der Waals surface area (Å²) in [5, 5.41) is 3.63. The molecule has 1 fully saturated rings. The van der Waals surface area contributed by atoms with Crippen molar-refractivity contribution in [2.75, 3.05) is 26.7 Å². The second-order valence-electron chi connectivity index (χ2n) is 6.25. The van der Waals surface area contributed by atoms with E-state index in [0.717, 1.165) is 18.8 Å². The highest BCUT2D eigenvalue weighted by Crippen LogP contribution is 2.26. The van der Waals surface area contributed by atoms with E-state index in [2.05, 4.69) is 22.3 Å². The van der Waals surface area contributed by atoms with Crippen LogP contribution in [0.5, 0.6) is 5.75 Å². The lowest BCUT2D eigenvalue weighted by molar-refractivity contribution is 0.0938.